The van der Waals surface area contributed by atoms with E-state index in [9.17, 15) is 9.59 Å². The Hall–Kier alpha value is -3.84. The van der Waals surface area contributed by atoms with Crippen molar-refractivity contribution in [2.24, 2.45) is 0 Å². The first-order valence-electron chi connectivity index (χ1n) is 10.5. The van der Waals surface area contributed by atoms with Crippen LogP contribution in [0.25, 0.3) is 17.1 Å². The number of hydrogen-bond acceptors (Lipinski definition) is 4. The van der Waals surface area contributed by atoms with Crippen molar-refractivity contribution in [3.8, 4) is 17.1 Å². The maximum atomic E-state index is 13.0. The number of carbonyl (C=O) groups excluding carboxylic acids is 2. The minimum atomic E-state index is -0.355. The summed E-state index contributed by atoms with van der Waals surface area (Å²) in [6, 6.07) is 19.9. The molecule has 0 radical (unpaired) electrons. The molecule has 0 aliphatic rings. The van der Waals surface area contributed by atoms with Crippen molar-refractivity contribution in [1.29, 1.82) is 0 Å². The topological polar surface area (TPSA) is 80.4 Å². The van der Waals surface area contributed by atoms with Crippen LogP contribution in [0.2, 0.25) is 5.02 Å². The Morgan fingerprint density at radius 3 is 2.55 bits per heavy atom. The van der Waals surface area contributed by atoms with Gasteiger partial charge in [0.25, 0.3) is 5.91 Å². The zero-order valence-electron chi connectivity index (χ0n) is 18.3. The molecule has 2 heterocycles. The van der Waals surface area contributed by atoms with Gasteiger partial charge in [-0.25, -0.2) is 4.68 Å². The fourth-order valence-electron chi connectivity index (χ4n) is 3.48. The van der Waals surface area contributed by atoms with E-state index < -0.39 is 0 Å². The molecule has 0 bridgehead atoms. The highest BCUT2D eigenvalue weighted by atomic mass is 35.5. The summed E-state index contributed by atoms with van der Waals surface area (Å²) in [6.45, 7) is 4.57. The van der Waals surface area contributed by atoms with Crippen molar-refractivity contribution in [2.75, 3.05) is 11.9 Å². The lowest BCUT2D eigenvalue weighted by atomic mass is 10.2. The molecule has 1 N–H and O–H groups in total. The maximum absolute atomic E-state index is 13.0. The Balaban J connectivity index is 1.60. The van der Waals surface area contributed by atoms with E-state index in [0.29, 0.717) is 35.3 Å². The van der Waals surface area contributed by atoms with Crippen molar-refractivity contribution < 1.29 is 14.0 Å². The van der Waals surface area contributed by atoms with Crippen LogP contribution in [0.1, 0.15) is 29.9 Å². The van der Waals surface area contributed by atoms with Crippen LogP contribution >= 0.6 is 11.6 Å². The van der Waals surface area contributed by atoms with E-state index in [1.54, 1.807) is 53.1 Å². The van der Waals surface area contributed by atoms with Crippen LogP contribution in [0.3, 0.4) is 0 Å². The molecule has 7 nitrogen and oxygen atoms in total. The van der Waals surface area contributed by atoms with E-state index >= 15 is 0 Å². The summed E-state index contributed by atoms with van der Waals surface area (Å²) in [5.74, 6) is 0.235. The molecular formula is C25H23ClN4O3. The molecule has 2 aromatic heterocycles. The molecule has 0 atom stereocenters. The van der Waals surface area contributed by atoms with E-state index in [-0.39, 0.29) is 17.5 Å². The highest BCUT2D eigenvalue weighted by molar-refractivity contribution is 6.30. The molecule has 168 valence electrons. The van der Waals surface area contributed by atoms with Gasteiger partial charge in [0.1, 0.15) is 5.69 Å². The quantitative estimate of drug-likeness (QED) is 0.398. The van der Waals surface area contributed by atoms with Gasteiger partial charge in [-0.2, -0.15) is 5.10 Å². The SMILES string of the molecule is CCN(Cc1cccc(NC(=O)c2cc(-c3ccco3)n(-c3ccc(Cl)cc3)n2)c1)C(C)=O. The Labute approximate surface area is 196 Å². The lowest BCUT2D eigenvalue weighted by Gasteiger charge is -2.19. The van der Waals surface area contributed by atoms with Crippen molar-refractivity contribution in [3.05, 3.63) is 89.3 Å². The summed E-state index contributed by atoms with van der Waals surface area (Å²) < 4.78 is 7.19. The summed E-state index contributed by atoms with van der Waals surface area (Å²) in [6.07, 6.45) is 1.57. The molecule has 0 unspecified atom stereocenters. The molecule has 2 amide bonds. The van der Waals surface area contributed by atoms with Crippen LogP contribution < -0.4 is 5.32 Å². The van der Waals surface area contributed by atoms with Gasteiger partial charge in [0, 0.05) is 36.8 Å². The first-order chi connectivity index (χ1) is 15.9. The van der Waals surface area contributed by atoms with Gasteiger partial charge in [-0.05, 0) is 61.0 Å². The number of nitrogens with zero attached hydrogens (tertiary/aromatic N) is 3. The molecule has 8 heteroatoms. The zero-order valence-corrected chi connectivity index (χ0v) is 19.0. The second-order valence-electron chi connectivity index (χ2n) is 7.47. The van der Waals surface area contributed by atoms with Crippen LogP contribution in [0.15, 0.2) is 77.4 Å². The van der Waals surface area contributed by atoms with Gasteiger partial charge in [-0.3, -0.25) is 9.59 Å². The fourth-order valence-corrected chi connectivity index (χ4v) is 3.61. The van der Waals surface area contributed by atoms with Crippen LogP contribution in [0.5, 0.6) is 0 Å². The summed E-state index contributed by atoms with van der Waals surface area (Å²) in [5.41, 5.74) is 3.17. The molecule has 4 aromatic rings. The largest absolute Gasteiger partial charge is 0.463 e. The summed E-state index contributed by atoms with van der Waals surface area (Å²) in [7, 11) is 0. The number of aromatic nitrogens is 2. The summed E-state index contributed by atoms with van der Waals surface area (Å²) >= 11 is 6.02. The lowest BCUT2D eigenvalue weighted by molar-refractivity contribution is -0.129. The van der Waals surface area contributed by atoms with Crippen molar-refractivity contribution in [2.45, 2.75) is 20.4 Å². The molecule has 4 rings (SSSR count). The Kier molecular flexibility index (Phi) is 6.60. The standard InChI is InChI=1S/C25H23ClN4O3/c1-3-29(17(2)31)16-18-6-4-7-20(14-18)27-25(32)22-15-23(24-8-5-13-33-24)30(28-22)21-11-9-19(26)10-12-21/h4-15H,3,16H2,1-2H3,(H,27,32). The third kappa shape index (κ3) is 5.15. The molecule has 0 aliphatic heterocycles. The third-order valence-corrected chi connectivity index (χ3v) is 5.42. The number of amides is 2. The van der Waals surface area contributed by atoms with E-state index in [0.717, 1.165) is 11.3 Å². The van der Waals surface area contributed by atoms with Crippen LogP contribution in [-0.4, -0.2) is 33.0 Å². The average Bonchev–Trinajstić information content (AvgIpc) is 3.48. The van der Waals surface area contributed by atoms with Gasteiger partial charge in [-0.15, -0.1) is 0 Å². The highest BCUT2D eigenvalue weighted by Crippen LogP contribution is 2.26. The highest BCUT2D eigenvalue weighted by Gasteiger charge is 2.19. The normalized spacial score (nSPS) is 10.8. The number of nitrogens with one attached hydrogen (secondary N) is 1. The zero-order chi connectivity index (χ0) is 23.4. The Bertz CT molecular complexity index is 1260. The number of carbonyl (C=O) groups is 2. The first kappa shape index (κ1) is 22.4. The molecular weight excluding hydrogens is 440 g/mol. The number of rotatable bonds is 7. The van der Waals surface area contributed by atoms with Gasteiger partial charge in [0.15, 0.2) is 11.5 Å². The molecule has 33 heavy (non-hydrogen) atoms. The lowest BCUT2D eigenvalue weighted by Crippen LogP contribution is -2.27. The number of furan rings is 1. The second-order valence-corrected chi connectivity index (χ2v) is 7.90. The van der Waals surface area contributed by atoms with E-state index in [1.807, 2.05) is 43.3 Å². The molecule has 0 aliphatic carbocycles. The molecule has 0 saturated heterocycles. The molecule has 0 spiro atoms. The number of benzene rings is 2. The van der Waals surface area contributed by atoms with Gasteiger partial charge < -0.3 is 14.6 Å². The van der Waals surface area contributed by atoms with Crippen LogP contribution in [-0.2, 0) is 11.3 Å². The van der Waals surface area contributed by atoms with E-state index in [4.69, 9.17) is 16.0 Å². The van der Waals surface area contributed by atoms with Gasteiger partial charge in [0.05, 0.1) is 12.0 Å². The van der Waals surface area contributed by atoms with E-state index in [2.05, 4.69) is 10.4 Å². The number of hydrogen-bond donors (Lipinski definition) is 1. The fraction of sp³-hybridized carbons (Fsp3) is 0.160. The summed E-state index contributed by atoms with van der Waals surface area (Å²) in [4.78, 5) is 26.5. The Morgan fingerprint density at radius 2 is 1.88 bits per heavy atom. The smallest absolute Gasteiger partial charge is 0.276 e. The van der Waals surface area contributed by atoms with Crippen LogP contribution in [0, 0.1) is 0 Å². The second kappa shape index (κ2) is 9.75. The minimum absolute atomic E-state index is 0.00475. The van der Waals surface area contributed by atoms with Crippen LogP contribution in [0.4, 0.5) is 5.69 Å². The van der Waals surface area contributed by atoms with Crippen molar-refractivity contribution in [3.63, 3.8) is 0 Å². The number of anilines is 1. The molecule has 0 fully saturated rings. The molecule has 0 saturated carbocycles. The van der Waals surface area contributed by atoms with Crippen molar-refractivity contribution >= 4 is 29.1 Å². The average molecular weight is 463 g/mol. The number of halogens is 1. The Morgan fingerprint density at radius 1 is 1.09 bits per heavy atom. The predicted molar refractivity (Wildman–Crippen MR) is 127 cm³/mol. The summed E-state index contributed by atoms with van der Waals surface area (Å²) in [5, 5.41) is 8.02. The van der Waals surface area contributed by atoms with Gasteiger partial charge in [0.2, 0.25) is 5.91 Å². The minimum Gasteiger partial charge on any atom is -0.463 e. The van der Waals surface area contributed by atoms with Gasteiger partial charge in [-0.1, -0.05) is 23.7 Å². The van der Waals surface area contributed by atoms with E-state index in [1.165, 1.54) is 0 Å². The van der Waals surface area contributed by atoms with Gasteiger partial charge >= 0.3 is 0 Å². The van der Waals surface area contributed by atoms with Crippen molar-refractivity contribution in [1.82, 2.24) is 14.7 Å². The molecule has 2 aromatic carbocycles. The predicted octanol–water partition coefficient (Wildman–Crippen LogP) is 5.41. The third-order valence-electron chi connectivity index (χ3n) is 5.17. The monoisotopic (exact) mass is 462 g/mol. The maximum Gasteiger partial charge on any atom is 0.276 e. The first-order valence-corrected chi connectivity index (χ1v) is 10.9.